The summed E-state index contributed by atoms with van der Waals surface area (Å²) in [7, 11) is -6.31. The summed E-state index contributed by atoms with van der Waals surface area (Å²) in [6.45, 7) is 1.57. The molecule has 0 saturated carbocycles. The van der Waals surface area contributed by atoms with Crippen LogP contribution in [0.4, 0.5) is 0 Å². The van der Waals surface area contributed by atoms with E-state index in [4.69, 9.17) is 4.84 Å². The van der Waals surface area contributed by atoms with E-state index in [0.717, 1.165) is 0 Å². The minimum atomic E-state index is -4.07. The molecule has 8 nitrogen and oxygen atoms in total. The molecule has 0 saturated heterocycles. The van der Waals surface area contributed by atoms with Gasteiger partial charge in [-0.15, -0.1) is 0 Å². The van der Waals surface area contributed by atoms with Gasteiger partial charge in [0.25, 0.3) is 0 Å². The Hall–Kier alpha value is -3.11. The van der Waals surface area contributed by atoms with Gasteiger partial charge in [-0.3, -0.25) is 9.59 Å². The molecule has 0 N–H and O–H groups in total. The number of benzene rings is 2. The van der Waals surface area contributed by atoms with Gasteiger partial charge in [0.2, 0.25) is 9.84 Å². The average molecular weight is 502 g/mol. The van der Waals surface area contributed by atoms with Gasteiger partial charge in [0.1, 0.15) is 7.11 Å². The van der Waals surface area contributed by atoms with Gasteiger partial charge < -0.3 is 4.84 Å². The Morgan fingerprint density at radius 1 is 1.03 bits per heavy atom. The van der Waals surface area contributed by atoms with E-state index in [2.05, 4.69) is 5.16 Å². The van der Waals surface area contributed by atoms with Crippen molar-refractivity contribution in [2.75, 3.05) is 12.9 Å². The van der Waals surface area contributed by atoms with Crippen molar-refractivity contribution in [3.8, 4) is 0 Å². The van der Waals surface area contributed by atoms with E-state index in [1.807, 2.05) is 0 Å². The number of hydrogen-bond acceptors (Lipinski definition) is 8. The Morgan fingerprint density at radius 3 is 2.41 bits per heavy atom. The SMILES string of the molecule is CO/N=C1\CCS(=O)(=O)c2ccc(C(=O)C3=C(S(=O)(=O)c4ccccc4)CCCC3=O)c(C)c21. The van der Waals surface area contributed by atoms with Crippen LogP contribution in [0.15, 0.2) is 67.9 Å². The molecule has 0 bridgehead atoms. The maximum absolute atomic E-state index is 13.7. The first-order chi connectivity index (χ1) is 16.1. The molecule has 1 aliphatic heterocycles. The number of fused-ring (bicyclic) bond motifs is 1. The van der Waals surface area contributed by atoms with Crippen LogP contribution >= 0.6 is 0 Å². The number of hydrogen-bond donors (Lipinski definition) is 0. The molecular weight excluding hydrogens is 478 g/mol. The summed E-state index contributed by atoms with van der Waals surface area (Å²) in [5.41, 5.74) is 0.646. The molecule has 178 valence electrons. The molecule has 0 radical (unpaired) electrons. The number of nitrogens with zero attached hydrogens (tertiary/aromatic N) is 1. The third kappa shape index (κ3) is 4.01. The normalized spacial score (nSPS) is 19.1. The lowest BCUT2D eigenvalue weighted by atomic mass is 9.88. The first-order valence-electron chi connectivity index (χ1n) is 10.7. The highest BCUT2D eigenvalue weighted by atomic mass is 32.2. The first kappa shape index (κ1) is 24.0. The molecule has 34 heavy (non-hydrogen) atoms. The van der Waals surface area contributed by atoms with Crippen LogP contribution in [0, 0.1) is 6.92 Å². The predicted molar refractivity (Wildman–Crippen MR) is 125 cm³/mol. The smallest absolute Gasteiger partial charge is 0.203 e. The summed E-state index contributed by atoms with van der Waals surface area (Å²) in [5.74, 6) is -1.42. The van der Waals surface area contributed by atoms with Gasteiger partial charge in [0.05, 0.1) is 31.7 Å². The van der Waals surface area contributed by atoms with Crippen LogP contribution in [-0.2, 0) is 29.3 Å². The second-order valence-corrected chi connectivity index (χ2v) is 12.2. The molecule has 1 heterocycles. The Balaban J connectivity index is 1.93. The van der Waals surface area contributed by atoms with Crippen molar-refractivity contribution < 1.29 is 31.3 Å². The van der Waals surface area contributed by atoms with Crippen molar-refractivity contribution in [3.05, 3.63) is 69.6 Å². The van der Waals surface area contributed by atoms with Crippen LogP contribution in [0.25, 0.3) is 0 Å². The summed E-state index contributed by atoms with van der Waals surface area (Å²) in [6, 6.07) is 10.3. The molecule has 2 aromatic rings. The maximum Gasteiger partial charge on any atom is 0.203 e. The summed E-state index contributed by atoms with van der Waals surface area (Å²) in [6.07, 6.45) is 0.558. The van der Waals surface area contributed by atoms with Gasteiger partial charge in [0, 0.05) is 24.0 Å². The fourth-order valence-corrected chi connectivity index (χ4v) is 7.66. The Bertz CT molecular complexity index is 1470. The predicted octanol–water partition coefficient (Wildman–Crippen LogP) is 3.19. The Kier molecular flexibility index (Phi) is 6.30. The van der Waals surface area contributed by atoms with E-state index in [0.29, 0.717) is 17.7 Å². The monoisotopic (exact) mass is 501 g/mol. The van der Waals surface area contributed by atoms with Crippen LogP contribution < -0.4 is 0 Å². The van der Waals surface area contributed by atoms with Crippen LogP contribution in [0.2, 0.25) is 0 Å². The fraction of sp³-hybridized carbons (Fsp3) is 0.292. The van der Waals surface area contributed by atoms with Gasteiger partial charge in [-0.1, -0.05) is 23.4 Å². The molecular formula is C24H23NO7S2. The molecule has 0 amide bonds. The lowest BCUT2D eigenvalue weighted by Crippen LogP contribution is -2.27. The van der Waals surface area contributed by atoms with E-state index in [1.54, 1.807) is 25.1 Å². The van der Waals surface area contributed by atoms with Gasteiger partial charge in [0.15, 0.2) is 21.4 Å². The lowest BCUT2D eigenvalue weighted by Gasteiger charge is -2.23. The standard InChI is InChI=1S/C24H23NO7S2/c1-15-17(11-12-20-22(15)18(25-32-2)13-14-33(20,28)29)24(27)23-19(26)9-6-10-21(23)34(30,31)16-7-4-3-5-8-16/h3-5,7-8,11-12H,6,9-10,13-14H2,1-2H3/b25-18+. The van der Waals surface area contributed by atoms with Crippen molar-refractivity contribution in [1.82, 2.24) is 0 Å². The topological polar surface area (TPSA) is 124 Å². The highest BCUT2D eigenvalue weighted by molar-refractivity contribution is 7.95. The summed E-state index contributed by atoms with van der Waals surface area (Å²) in [5, 5.41) is 3.94. The van der Waals surface area contributed by atoms with E-state index >= 15 is 0 Å². The molecule has 2 aliphatic rings. The molecule has 4 rings (SSSR count). The Morgan fingerprint density at radius 2 is 1.74 bits per heavy atom. The van der Waals surface area contributed by atoms with E-state index in [1.165, 1.54) is 31.4 Å². The lowest BCUT2D eigenvalue weighted by molar-refractivity contribution is -0.115. The van der Waals surface area contributed by atoms with Crippen molar-refractivity contribution in [1.29, 1.82) is 0 Å². The van der Waals surface area contributed by atoms with Gasteiger partial charge >= 0.3 is 0 Å². The molecule has 0 atom stereocenters. The fourth-order valence-electron chi connectivity index (χ4n) is 4.43. The minimum Gasteiger partial charge on any atom is -0.399 e. The van der Waals surface area contributed by atoms with Crippen molar-refractivity contribution in [3.63, 3.8) is 0 Å². The maximum atomic E-state index is 13.7. The van der Waals surface area contributed by atoms with Crippen LogP contribution in [0.3, 0.4) is 0 Å². The molecule has 0 spiro atoms. The van der Waals surface area contributed by atoms with E-state index < -0.39 is 31.2 Å². The van der Waals surface area contributed by atoms with Gasteiger partial charge in [-0.25, -0.2) is 16.8 Å². The average Bonchev–Trinajstić information content (AvgIpc) is 2.81. The summed E-state index contributed by atoms with van der Waals surface area (Å²) in [4.78, 5) is 31.3. The van der Waals surface area contributed by atoms with Crippen LogP contribution in [0.1, 0.15) is 47.2 Å². The second-order valence-electron chi connectivity index (χ2n) is 8.12. The number of Topliss-reactive ketones (excluding diaryl/α,β-unsaturated/α-hetero) is 2. The highest BCUT2D eigenvalue weighted by Crippen LogP contribution is 2.35. The molecule has 2 aromatic carbocycles. The number of oxime groups is 1. The zero-order valence-electron chi connectivity index (χ0n) is 18.7. The largest absolute Gasteiger partial charge is 0.399 e. The number of ketones is 2. The third-order valence-electron chi connectivity index (χ3n) is 6.07. The molecule has 0 fully saturated rings. The number of carbonyl (C=O) groups is 2. The highest BCUT2D eigenvalue weighted by Gasteiger charge is 2.37. The molecule has 0 unspecified atom stereocenters. The number of rotatable bonds is 5. The van der Waals surface area contributed by atoms with Crippen LogP contribution in [0.5, 0.6) is 0 Å². The van der Waals surface area contributed by atoms with Crippen molar-refractivity contribution in [2.24, 2.45) is 5.16 Å². The number of carbonyl (C=O) groups excluding carboxylic acids is 2. The minimum absolute atomic E-state index is 0.00719. The third-order valence-corrected chi connectivity index (χ3v) is 9.78. The molecule has 0 aromatic heterocycles. The van der Waals surface area contributed by atoms with Gasteiger partial charge in [-0.2, -0.15) is 0 Å². The molecule has 10 heteroatoms. The number of sulfone groups is 2. The Labute approximate surface area is 198 Å². The second kappa shape index (κ2) is 8.92. The quantitative estimate of drug-likeness (QED) is 0.350. The van der Waals surface area contributed by atoms with E-state index in [-0.39, 0.29) is 56.4 Å². The van der Waals surface area contributed by atoms with Crippen molar-refractivity contribution in [2.45, 2.75) is 42.4 Å². The first-order valence-corrected chi connectivity index (χ1v) is 13.8. The summed E-state index contributed by atoms with van der Waals surface area (Å²) >= 11 is 0. The van der Waals surface area contributed by atoms with Crippen LogP contribution in [-0.4, -0.2) is 47.0 Å². The van der Waals surface area contributed by atoms with Crippen molar-refractivity contribution >= 4 is 37.0 Å². The van der Waals surface area contributed by atoms with E-state index in [9.17, 15) is 26.4 Å². The zero-order valence-corrected chi connectivity index (χ0v) is 20.3. The van der Waals surface area contributed by atoms with Gasteiger partial charge in [-0.05, 0) is 49.6 Å². The summed E-state index contributed by atoms with van der Waals surface area (Å²) < 4.78 is 51.9. The molecule has 1 aliphatic carbocycles. The zero-order chi connectivity index (χ0) is 24.7. The number of allylic oxidation sites excluding steroid dienone is 2.